The van der Waals surface area contributed by atoms with Gasteiger partial charge >= 0.3 is 0 Å². The van der Waals surface area contributed by atoms with Crippen LogP contribution in [0, 0.1) is 0 Å². The molecule has 0 aromatic carbocycles. The number of unbranched alkanes of at least 4 members (excludes halogenated alkanes) is 3. The molecule has 2 nitrogen and oxygen atoms in total. The number of carbonyl (C=O) groups excluding carboxylic acids is 1. The molecule has 0 atom stereocenters. The van der Waals surface area contributed by atoms with Crippen LogP contribution < -0.4 is 5.73 Å². The molecule has 0 heterocycles. The molecule has 2 heteroatoms. The smallest absolute Gasteiger partial charge is 0.221 e. The topological polar surface area (TPSA) is 43.1 Å². The van der Waals surface area contributed by atoms with Crippen LogP contribution in [0.4, 0.5) is 0 Å². The summed E-state index contributed by atoms with van der Waals surface area (Å²) in [7, 11) is 0. The van der Waals surface area contributed by atoms with Gasteiger partial charge in [-0.3, -0.25) is 4.79 Å². The Labute approximate surface area is 68.5 Å². The van der Waals surface area contributed by atoms with Gasteiger partial charge in [0.25, 0.3) is 0 Å². The molecule has 0 saturated carbocycles. The average Bonchev–Trinajstić information content (AvgIpc) is 1.96. The van der Waals surface area contributed by atoms with Crippen LogP contribution in [0.1, 0.15) is 39.0 Å². The largest absolute Gasteiger partial charge is 0.369 e. The van der Waals surface area contributed by atoms with E-state index in [9.17, 15) is 4.79 Å². The fourth-order valence-electron chi connectivity index (χ4n) is 0.830. The third kappa shape index (κ3) is 9.21. The number of primary amides is 1. The number of rotatable bonds is 6. The van der Waals surface area contributed by atoms with Crippen molar-refractivity contribution in [3.05, 3.63) is 12.2 Å². The van der Waals surface area contributed by atoms with Crippen LogP contribution in [-0.2, 0) is 4.79 Å². The number of amides is 1. The number of carbonyl (C=O) groups is 1. The van der Waals surface area contributed by atoms with E-state index in [-0.39, 0.29) is 5.91 Å². The first-order chi connectivity index (χ1) is 5.27. The van der Waals surface area contributed by atoms with Crippen molar-refractivity contribution in [1.29, 1.82) is 0 Å². The zero-order valence-corrected chi connectivity index (χ0v) is 7.18. The van der Waals surface area contributed by atoms with Gasteiger partial charge in [-0.25, -0.2) is 0 Å². The van der Waals surface area contributed by atoms with Gasteiger partial charge in [0.05, 0.1) is 0 Å². The summed E-state index contributed by atoms with van der Waals surface area (Å²) in [6.07, 6.45) is 9.04. The zero-order chi connectivity index (χ0) is 8.53. The highest BCUT2D eigenvalue weighted by atomic mass is 16.1. The molecule has 0 aromatic rings. The molecular formula is C9H17NO. The van der Waals surface area contributed by atoms with Crippen molar-refractivity contribution in [3.63, 3.8) is 0 Å². The number of hydrogen-bond acceptors (Lipinski definition) is 1. The van der Waals surface area contributed by atoms with E-state index in [0.29, 0.717) is 6.42 Å². The lowest BCUT2D eigenvalue weighted by atomic mass is 10.2. The van der Waals surface area contributed by atoms with Crippen molar-refractivity contribution in [1.82, 2.24) is 0 Å². The van der Waals surface area contributed by atoms with Crippen LogP contribution in [0.25, 0.3) is 0 Å². The molecule has 0 unspecified atom stereocenters. The summed E-state index contributed by atoms with van der Waals surface area (Å²) in [4.78, 5) is 10.3. The number of allylic oxidation sites excluding steroid dienone is 1. The van der Waals surface area contributed by atoms with Gasteiger partial charge in [0.15, 0.2) is 0 Å². The molecular weight excluding hydrogens is 138 g/mol. The lowest BCUT2D eigenvalue weighted by Gasteiger charge is -1.90. The lowest BCUT2D eigenvalue weighted by Crippen LogP contribution is -2.07. The summed E-state index contributed by atoms with van der Waals surface area (Å²) in [6.45, 7) is 2.17. The van der Waals surface area contributed by atoms with E-state index in [0.717, 1.165) is 6.42 Å². The highest BCUT2D eigenvalue weighted by molar-refractivity contribution is 5.75. The predicted molar refractivity (Wildman–Crippen MR) is 47.1 cm³/mol. The highest BCUT2D eigenvalue weighted by Gasteiger charge is 1.85. The van der Waals surface area contributed by atoms with Crippen molar-refractivity contribution >= 4 is 5.91 Å². The lowest BCUT2D eigenvalue weighted by molar-refractivity contribution is -0.117. The summed E-state index contributed by atoms with van der Waals surface area (Å²) in [5, 5.41) is 0. The van der Waals surface area contributed by atoms with Crippen molar-refractivity contribution < 1.29 is 4.79 Å². The second-order valence-corrected chi connectivity index (χ2v) is 2.64. The first kappa shape index (κ1) is 10.2. The van der Waals surface area contributed by atoms with Crippen LogP contribution in [0.2, 0.25) is 0 Å². The third-order valence-corrected chi connectivity index (χ3v) is 1.46. The van der Waals surface area contributed by atoms with Gasteiger partial charge in [-0.2, -0.15) is 0 Å². The van der Waals surface area contributed by atoms with Gasteiger partial charge in [0.1, 0.15) is 0 Å². The monoisotopic (exact) mass is 155 g/mol. The van der Waals surface area contributed by atoms with Gasteiger partial charge in [-0.15, -0.1) is 0 Å². The normalized spacial score (nSPS) is 10.6. The Hall–Kier alpha value is -0.790. The van der Waals surface area contributed by atoms with Gasteiger partial charge in [0, 0.05) is 6.42 Å². The van der Waals surface area contributed by atoms with Crippen molar-refractivity contribution in [2.45, 2.75) is 39.0 Å². The minimum Gasteiger partial charge on any atom is -0.369 e. The Morgan fingerprint density at radius 2 is 2.09 bits per heavy atom. The van der Waals surface area contributed by atoms with Crippen LogP contribution in [0.15, 0.2) is 12.2 Å². The first-order valence-electron chi connectivity index (χ1n) is 4.20. The molecule has 1 amide bonds. The minimum atomic E-state index is -0.253. The van der Waals surface area contributed by atoms with E-state index in [1.807, 2.05) is 12.2 Å². The summed E-state index contributed by atoms with van der Waals surface area (Å²) in [5.74, 6) is -0.253. The van der Waals surface area contributed by atoms with E-state index in [2.05, 4.69) is 6.92 Å². The number of nitrogens with two attached hydrogens (primary N) is 1. The molecule has 0 saturated heterocycles. The van der Waals surface area contributed by atoms with E-state index in [4.69, 9.17) is 5.73 Å². The molecule has 0 aliphatic heterocycles. The van der Waals surface area contributed by atoms with E-state index >= 15 is 0 Å². The molecule has 64 valence electrons. The SMILES string of the molecule is CCCCC/C=C/CC(N)=O. The highest BCUT2D eigenvalue weighted by Crippen LogP contribution is 1.99. The Bertz CT molecular complexity index is 130. The van der Waals surface area contributed by atoms with Gasteiger partial charge in [-0.1, -0.05) is 31.9 Å². The molecule has 0 radical (unpaired) electrons. The quantitative estimate of drug-likeness (QED) is 0.462. The molecule has 2 N–H and O–H groups in total. The molecule has 0 bridgehead atoms. The van der Waals surface area contributed by atoms with Crippen molar-refractivity contribution in [3.8, 4) is 0 Å². The fourth-order valence-corrected chi connectivity index (χ4v) is 0.830. The van der Waals surface area contributed by atoms with Crippen molar-refractivity contribution in [2.24, 2.45) is 5.73 Å². The van der Waals surface area contributed by atoms with Crippen LogP contribution in [0.3, 0.4) is 0 Å². The maximum absolute atomic E-state index is 10.3. The Morgan fingerprint density at radius 3 is 2.64 bits per heavy atom. The van der Waals surface area contributed by atoms with Crippen LogP contribution in [0.5, 0.6) is 0 Å². The molecule has 0 rings (SSSR count). The second kappa shape index (κ2) is 7.32. The minimum absolute atomic E-state index is 0.253. The number of hydrogen-bond donors (Lipinski definition) is 1. The van der Waals surface area contributed by atoms with Crippen molar-refractivity contribution in [2.75, 3.05) is 0 Å². The van der Waals surface area contributed by atoms with Gasteiger partial charge in [0.2, 0.25) is 5.91 Å². The molecule has 0 aliphatic carbocycles. The first-order valence-corrected chi connectivity index (χ1v) is 4.20. The maximum atomic E-state index is 10.3. The van der Waals surface area contributed by atoms with Crippen LogP contribution >= 0.6 is 0 Å². The van der Waals surface area contributed by atoms with E-state index in [1.54, 1.807) is 0 Å². The second-order valence-electron chi connectivity index (χ2n) is 2.64. The van der Waals surface area contributed by atoms with Crippen LogP contribution in [-0.4, -0.2) is 5.91 Å². The summed E-state index contributed by atoms with van der Waals surface area (Å²) < 4.78 is 0. The molecule has 11 heavy (non-hydrogen) atoms. The summed E-state index contributed by atoms with van der Waals surface area (Å²) in [6, 6.07) is 0. The van der Waals surface area contributed by atoms with E-state index in [1.165, 1.54) is 19.3 Å². The molecule has 0 fully saturated rings. The summed E-state index contributed by atoms with van der Waals surface area (Å²) >= 11 is 0. The van der Waals surface area contributed by atoms with E-state index < -0.39 is 0 Å². The summed E-state index contributed by atoms with van der Waals surface area (Å²) in [5.41, 5.74) is 4.94. The Morgan fingerprint density at radius 1 is 1.36 bits per heavy atom. The fraction of sp³-hybridized carbons (Fsp3) is 0.667. The van der Waals surface area contributed by atoms with Gasteiger partial charge < -0.3 is 5.73 Å². The average molecular weight is 155 g/mol. The third-order valence-electron chi connectivity index (χ3n) is 1.46. The zero-order valence-electron chi connectivity index (χ0n) is 7.18. The van der Waals surface area contributed by atoms with Gasteiger partial charge in [-0.05, 0) is 12.8 Å². The maximum Gasteiger partial charge on any atom is 0.221 e. The molecule has 0 aromatic heterocycles. The standard InChI is InChI=1S/C9H17NO/c1-2-3-4-5-6-7-8-9(10)11/h6-7H,2-5,8H2,1H3,(H2,10,11)/b7-6+. The molecule has 0 spiro atoms. The Balaban J connectivity index is 3.10. The molecule has 0 aliphatic rings. The predicted octanol–water partition coefficient (Wildman–Crippen LogP) is 2.00. The Kier molecular flexibility index (Phi) is 6.79.